The van der Waals surface area contributed by atoms with E-state index in [-0.39, 0.29) is 6.04 Å². The normalized spacial score (nSPS) is 13.0. The highest BCUT2D eigenvalue weighted by molar-refractivity contribution is 6.32. The van der Waals surface area contributed by atoms with Crippen molar-refractivity contribution in [3.05, 3.63) is 28.3 Å². The van der Waals surface area contributed by atoms with Crippen LogP contribution in [0.5, 0.6) is 5.75 Å². The van der Waals surface area contributed by atoms with Crippen molar-refractivity contribution in [2.45, 2.75) is 32.7 Å². The van der Waals surface area contributed by atoms with E-state index < -0.39 is 0 Å². The molecule has 0 aliphatic carbocycles. The van der Waals surface area contributed by atoms with Crippen molar-refractivity contribution in [2.24, 2.45) is 5.73 Å². The molecule has 0 fully saturated rings. The molecule has 2 N–H and O–H groups in total. The highest BCUT2D eigenvalue weighted by Crippen LogP contribution is 2.35. The first-order chi connectivity index (χ1) is 6.97. The molecule has 0 saturated carbocycles. The Labute approximate surface area is 96.4 Å². The second-order valence-electron chi connectivity index (χ2n) is 4.07. The van der Waals surface area contributed by atoms with Crippen molar-refractivity contribution in [3.63, 3.8) is 0 Å². The Balaban J connectivity index is 3.32. The Bertz CT molecular complexity index is 348. The van der Waals surface area contributed by atoms with Crippen LogP contribution in [0.1, 0.15) is 43.9 Å². The van der Waals surface area contributed by atoms with Crippen LogP contribution in [0.4, 0.5) is 0 Å². The minimum atomic E-state index is -0.00842. The predicted molar refractivity (Wildman–Crippen MR) is 64.7 cm³/mol. The summed E-state index contributed by atoms with van der Waals surface area (Å²) < 4.78 is 5.30. The summed E-state index contributed by atoms with van der Waals surface area (Å²) in [4.78, 5) is 0. The fraction of sp³-hybridized carbons (Fsp3) is 0.500. The second-order valence-corrected chi connectivity index (χ2v) is 4.48. The molecule has 0 amide bonds. The summed E-state index contributed by atoms with van der Waals surface area (Å²) in [6, 6.07) is 3.93. The molecule has 84 valence electrons. The summed E-state index contributed by atoms with van der Waals surface area (Å²) in [5.41, 5.74) is 8.00. The monoisotopic (exact) mass is 227 g/mol. The van der Waals surface area contributed by atoms with E-state index in [0.717, 1.165) is 16.9 Å². The molecule has 3 heteroatoms. The topological polar surface area (TPSA) is 35.2 Å². The van der Waals surface area contributed by atoms with Crippen LogP contribution in [0.3, 0.4) is 0 Å². The molecule has 0 radical (unpaired) electrons. The average molecular weight is 228 g/mol. The highest BCUT2D eigenvalue weighted by Gasteiger charge is 2.14. The van der Waals surface area contributed by atoms with Gasteiger partial charge in [-0.2, -0.15) is 0 Å². The van der Waals surface area contributed by atoms with Gasteiger partial charge in [0.15, 0.2) is 0 Å². The fourth-order valence-electron chi connectivity index (χ4n) is 1.54. The summed E-state index contributed by atoms with van der Waals surface area (Å²) in [7, 11) is 1.64. The van der Waals surface area contributed by atoms with Crippen LogP contribution in [0.15, 0.2) is 12.1 Å². The van der Waals surface area contributed by atoms with Gasteiger partial charge in [0.1, 0.15) is 5.75 Å². The van der Waals surface area contributed by atoms with Crippen LogP contribution in [-0.2, 0) is 0 Å². The van der Waals surface area contributed by atoms with E-state index in [1.165, 1.54) is 0 Å². The van der Waals surface area contributed by atoms with Crippen LogP contribution in [0.2, 0.25) is 5.02 Å². The van der Waals surface area contributed by atoms with Gasteiger partial charge in [0, 0.05) is 6.04 Å². The molecular weight excluding hydrogens is 210 g/mol. The lowest BCUT2D eigenvalue weighted by Gasteiger charge is -2.16. The molecule has 0 bridgehead atoms. The van der Waals surface area contributed by atoms with Gasteiger partial charge in [-0.05, 0) is 30.0 Å². The van der Waals surface area contributed by atoms with Gasteiger partial charge >= 0.3 is 0 Å². The Hall–Kier alpha value is -0.730. The molecule has 1 rings (SSSR count). The first-order valence-electron chi connectivity index (χ1n) is 5.10. The minimum absolute atomic E-state index is 0.00842. The second kappa shape index (κ2) is 4.86. The first kappa shape index (κ1) is 12.3. The van der Waals surface area contributed by atoms with E-state index in [2.05, 4.69) is 19.9 Å². The number of ether oxygens (including phenoxy) is 1. The molecule has 15 heavy (non-hydrogen) atoms. The van der Waals surface area contributed by atoms with Gasteiger partial charge in [0.25, 0.3) is 0 Å². The quantitative estimate of drug-likeness (QED) is 0.858. The zero-order valence-corrected chi connectivity index (χ0v) is 10.4. The maximum absolute atomic E-state index is 6.14. The van der Waals surface area contributed by atoms with E-state index >= 15 is 0 Å². The number of rotatable bonds is 3. The molecular formula is C12H18ClNO. The minimum Gasteiger partial charge on any atom is -0.495 e. The highest BCUT2D eigenvalue weighted by atomic mass is 35.5. The third kappa shape index (κ3) is 2.64. The Morgan fingerprint density at radius 3 is 2.27 bits per heavy atom. The third-order valence-corrected chi connectivity index (χ3v) is 2.73. The van der Waals surface area contributed by atoms with Crippen molar-refractivity contribution in [1.82, 2.24) is 0 Å². The zero-order chi connectivity index (χ0) is 11.6. The standard InChI is InChI=1S/C12H18ClNO/c1-7(2)10-5-9(8(3)14)6-11(13)12(10)15-4/h5-8H,14H2,1-4H3. The lowest BCUT2D eigenvalue weighted by atomic mass is 9.97. The van der Waals surface area contributed by atoms with Crippen LogP contribution < -0.4 is 10.5 Å². The first-order valence-corrected chi connectivity index (χ1v) is 5.48. The van der Waals surface area contributed by atoms with Gasteiger partial charge in [-0.15, -0.1) is 0 Å². The third-order valence-electron chi connectivity index (χ3n) is 2.45. The van der Waals surface area contributed by atoms with E-state index in [1.54, 1.807) is 7.11 Å². The molecule has 1 aromatic carbocycles. The van der Waals surface area contributed by atoms with Gasteiger partial charge in [0.2, 0.25) is 0 Å². The molecule has 2 nitrogen and oxygen atoms in total. The fourth-order valence-corrected chi connectivity index (χ4v) is 1.86. The average Bonchev–Trinajstić information content (AvgIpc) is 2.16. The SMILES string of the molecule is COc1c(Cl)cc(C(C)N)cc1C(C)C. The number of halogens is 1. The number of hydrogen-bond acceptors (Lipinski definition) is 2. The predicted octanol–water partition coefficient (Wildman–Crippen LogP) is 3.49. The maximum atomic E-state index is 6.14. The molecule has 0 heterocycles. The van der Waals surface area contributed by atoms with E-state index in [9.17, 15) is 0 Å². The Morgan fingerprint density at radius 1 is 1.27 bits per heavy atom. The maximum Gasteiger partial charge on any atom is 0.140 e. The molecule has 1 aromatic rings. The van der Waals surface area contributed by atoms with Crippen molar-refractivity contribution >= 4 is 11.6 Å². The van der Waals surface area contributed by atoms with Crippen LogP contribution in [0, 0.1) is 0 Å². The lowest BCUT2D eigenvalue weighted by molar-refractivity contribution is 0.407. The van der Waals surface area contributed by atoms with Crippen molar-refractivity contribution in [2.75, 3.05) is 7.11 Å². The molecule has 0 spiro atoms. The number of benzene rings is 1. The zero-order valence-electron chi connectivity index (χ0n) is 9.67. The molecule has 1 atom stereocenters. The van der Waals surface area contributed by atoms with Crippen LogP contribution in [0.25, 0.3) is 0 Å². The van der Waals surface area contributed by atoms with E-state index in [0.29, 0.717) is 10.9 Å². The van der Waals surface area contributed by atoms with Crippen molar-refractivity contribution in [3.8, 4) is 5.75 Å². The number of methoxy groups -OCH3 is 1. The summed E-state index contributed by atoms with van der Waals surface area (Å²) in [5.74, 6) is 1.13. The van der Waals surface area contributed by atoms with Gasteiger partial charge in [-0.1, -0.05) is 31.5 Å². The van der Waals surface area contributed by atoms with Gasteiger partial charge in [-0.25, -0.2) is 0 Å². The van der Waals surface area contributed by atoms with E-state index in [1.807, 2.05) is 13.0 Å². The summed E-state index contributed by atoms with van der Waals surface area (Å²) in [6.07, 6.45) is 0. The van der Waals surface area contributed by atoms with Crippen molar-refractivity contribution < 1.29 is 4.74 Å². The Morgan fingerprint density at radius 2 is 1.87 bits per heavy atom. The molecule has 0 aliphatic heterocycles. The van der Waals surface area contributed by atoms with Crippen LogP contribution in [-0.4, -0.2) is 7.11 Å². The van der Waals surface area contributed by atoms with Gasteiger partial charge in [-0.3, -0.25) is 0 Å². The summed E-state index contributed by atoms with van der Waals surface area (Å²) >= 11 is 6.14. The van der Waals surface area contributed by atoms with Gasteiger partial charge in [0.05, 0.1) is 12.1 Å². The summed E-state index contributed by atoms with van der Waals surface area (Å²) in [6.45, 7) is 6.17. The smallest absolute Gasteiger partial charge is 0.140 e. The Kier molecular flexibility index (Phi) is 4.00. The largest absolute Gasteiger partial charge is 0.495 e. The summed E-state index contributed by atoms with van der Waals surface area (Å²) in [5, 5.41) is 0.635. The molecule has 1 unspecified atom stereocenters. The lowest BCUT2D eigenvalue weighted by Crippen LogP contribution is -2.07. The molecule has 0 aromatic heterocycles. The van der Waals surface area contributed by atoms with Crippen molar-refractivity contribution in [1.29, 1.82) is 0 Å². The molecule has 0 aliphatic rings. The number of nitrogens with two attached hydrogens (primary N) is 1. The molecule has 0 saturated heterocycles. The number of hydrogen-bond donors (Lipinski definition) is 1. The van der Waals surface area contributed by atoms with E-state index in [4.69, 9.17) is 22.1 Å². The van der Waals surface area contributed by atoms with Crippen LogP contribution >= 0.6 is 11.6 Å². The van der Waals surface area contributed by atoms with Gasteiger partial charge < -0.3 is 10.5 Å².